The molecule has 0 spiro atoms. The first-order valence-corrected chi connectivity index (χ1v) is 25.2. The first-order chi connectivity index (χ1) is 35.4. The van der Waals surface area contributed by atoms with Crippen molar-refractivity contribution in [3.8, 4) is 0 Å². The van der Waals surface area contributed by atoms with E-state index in [2.05, 4.69) is 8.67 Å². The molecule has 0 amide bonds. The summed E-state index contributed by atoms with van der Waals surface area (Å²) in [6, 6.07) is 38.1. The molecule has 1 N–H and O–H groups in total. The molecular weight excluding hydrogens is 1120 g/mol. The molecule has 2 atom stereocenters. The van der Waals surface area contributed by atoms with Gasteiger partial charge in [0.05, 0.1) is 57.5 Å². The summed E-state index contributed by atoms with van der Waals surface area (Å²) < 4.78 is 53.9. The fourth-order valence-electron chi connectivity index (χ4n) is 7.22. The zero-order valence-corrected chi connectivity index (χ0v) is 49.2. The maximum atomic E-state index is 12.1. The Kier molecular flexibility index (Phi) is 33.3. The van der Waals surface area contributed by atoms with Crippen molar-refractivity contribution >= 4 is 22.7 Å². The summed E-state index contributed by atoms with van der Waals surface area (Å²) in [5.41, 5.74) is 11.3. The molecule has 77 heavy (non-hydrogen) atoms. The number of rotatable bonds is 11. The Labute approximate surface area is 470 Å². The third-order valence-electron chi connectivity index (χ3n) is 11.8. The maximum absolute atomic E-state index is 12.1. The van der Waals surface area contributed by atoms with Gasteiger partial charge >= 0.3 is 22.8 Å². The average Bonchev–Trinajstić information content (AvgIpc) is 3.39. The summed E-state index contributed by atoms with van der Waals surface area (Å²) in [5.74, 6) is 0. The van der Waals surface area contributed by atoms with Crippen LogP contribution in [0.3, 0.4) is 0 Å². The lowest BCUT2D eigenvalue weighted by Crippen LogP contribution is -3.00. The van der Waals surface area contributed by atoms with Crippen LogP contribution in [-0.2, 0) is 85.8 Å². The third kappa shape index (κ3) is 23.2. The minimum atomic E-state index is -2.88. The van der Waals surface area contributed by atoms with Gasteiger partial charge in [-0.2, -0.15) is 55.7 Å². The van der Waals surface area contributed by atoms with Crippen molar-refractivity contribution < 1.29 is 89.5 Å². The van der Waals surface area contributed by atoms with Crippen molar-refractivity contribution in [2.24, 2.45) is 28.2 Å². The van der Waals surface area contributed by atoms with E-state index in [0.717, 1.165) is 62.2 Å². The number of aliphatic hydroxyl groups is 1. The van der Waals surface area contributed by atoms with Crippen molar-refractivity contribution in [3.63, 3.8) is 0 Å². The number of nitrogens with zero attached hydrogens (tertiary/aromatic N) is 8. The Hall–Kier alpha value is -6.03. The predicted octanol–water partition coefficient (Wildman–Crippen LogP) is -6.16. The predicted molar refractivity (Wildman–Crippen MR) is 274 cm³/mol. The van der Waals surface area contributed by atoms with E-state index in [-0.39, 0.29) is 58.8 Å². The lowest BCUT2D eigenvalue weighted by atomic mass is 10.2. The second kappa shape index (κ2) is 36.1. The van der Waals surface area contributed by atoms with Crippen LogP contribution in [0.4, 0.5) is 0 Å². The number of aryl methyl sites for hydroxylation is 8. The maximum Gasteiger partial charge on any atom is 0.498 e. The molecular formula is C52H68BrClN8O13S2-2. The number of benzene rings is 3. The van der Waals surface area contributed by atoms with Gasteiger partial charge in [-0.15, -0.1) is 0 Å². The smallest absolute Gasteiger partial charge is 0.498 e. The number of hydrogen-bond donors (Lipinski definition) is 1. The molecule has 7 rings (SSSR count). The van der Waals surface area contributed by atoms with Gasteiger partial charge in [0.1, 0.15) is 65.2 Å². The van der Waals surface area contributed by atoms with Crippen LogP contribution in [0.1, 0.15) is 68.7 Å². The molecule has 422 valence electrons. The minimum absolute atomic E-state index is 0. The lowest BCUT2D eigenvalue weighted by Gasteiger charge is -2.06. The van der Waals surface area contributed by atoms with Gasteiger partial charge in [0.15, 0.2) is 0 Å². The number of aromatic nitrogens is 8. The van der Waals surface area contributed by atoms with Crippen molar-refractivity contribution in [2.45, 2.75) is 88.0 Å². The summed E-state index contributed by atoms with van der Waals surface area (Å²) in [4.78, 5) is 48.2. The van der Waals surface area contributed by atoms with Crippen molar-refractivity contribution in [3.05, 3.63) is 219 Å². The number of aliphatic hydroxyl groups excluding tert-OH is 1. The van der Waals surface area contributed by atoms with Gasteiger partial charge < -0.3 is 62.8 Å². The second-order valence-electron chi connectivity index (χ2n) is 17.1. The van der Waals surface area contributed by atoms with Crippen LogP contribution >= 0.6 is 0 Å². The molecule has 21 nitrogen and oxygen atoms in total. The molecule has 3 aromatic carbocycles. The van der Waals surface area contributed by atoms with Gasteiger partial charge in [-0.3, -0.25) is 0 Å². The topological polar surface area (TPSA) is 269 Å². The van der Waals surface area contributed by atoms with Gasteiger partial charge in [-0.05, 0) is 72.1 Å². The Morgan fingerprint density at radius 1 is 0.455 bits per heavy atom. The van der Waals surface area contributed by atoms with Crippen molar-refractivity contribution in [1.29, 1.82) is 0 Å². The monoisotopic (exact) mass is 1190 g/mol. The van der Waals surface area contributed by atoms with E-state index in [4.69, 9.17) is 33.1 Å². The summed E-state index contributed by atoms with van der Waals surface area (Å²) in [6.07, 6.45) is 0.615. The molecule has 25 heteroatoms. The van der Waals surface area contributed by atoms with E-state index in [1.165, 1.54) is 0 Å². The van der Waals surface area contributed by atoms with Crippen LogP contribution in [0.2, 0.25) is 0 Å². The molecule has 0 saturated heterocycles. The second-order valence-corrected chi connectivity index (χ2v) is 18.2. The largest absolute Gasteiger partial charge is 1.00 e. The molecule has 4 heterocycles. The highest BCUT2D eigenvalue weighted by molar-refractivity contribution is 7.74. The molecule has 0 radical (unpaired) electrons. The van der Waals surface area contributed by atoms with E-state index in [1.807, 2.05) is 171 Å². The zero-order valence-electron chi connectivity index (χ0n) is 45.2. The molecule has 0 aliphatic heterocycles. The fraction of sp³-hybridized carbons (Fsp3) is 0.346. The van der Waals surface area contributed by atoms with Crippen molar-refractivity contribution in [1.82, 2.24) is 18.3 Å². The highest BCUT2D eigenvalue weighted by Crippen LogP contribution is 2.06. The van der Waals surface area contributed by atoms with Gasteiger partial charge in [0, 0.05) is 37.3 Å². The van der Waals surface area contributed by atoms with Gasteiger partial charge in [-0.25, -0.2) is 8.42 Å². The molecule has 0 bridgehead atoms. The van der Waals surface area contributed by atoms with Crippen LogP contribution in [0.25, 0.3) is 0 Å². The molecule has 0 fully saturated rings. The Morgan fingerprint density at radius 3 is 0.870 bits per heavy atom. The number of hydrogen-bond acceptors (Lipinski definition) is 13. The Morgan fingerprint density at radius 2 is 0.662 bits per heavy atom. The normalized spacial score (nSPS) is 10.8. The third-order valence-corrected chi connectivity index (χ3v) is 12.0. The molecule has 7 aromatic rings. The molecule has 0 aliphatic carbocycles. The zero-order chi connectivity index (χ0) is 56.5. The van der Waals surface area contributed by atoms with Gasteiger partial charge in [0.25, 0.3) is 0 Å². The van der Waals surface area contributed by atoms with Crippen LogP contribution in [-0.4, -0.2) is 47.5 Å². The molecule has 4 aromatic heterocycles. The summed E-state index contributed by atoms with van der Waals surface area (Å²) in [7, 11) is 7.17. The van der Waals surface area contributed by atoms with E-state index in [0.29, 0.717) is 32.6 Å². The first-order valence-electron chi connectivity index (χ1n) is 23.2. The van der Waals surface area contributed by atoms with E-state index >= 15 is 0 Å². The highest BCUT2D eigenvalue weighted by Gasteiger charge is 2.17. The SMILES string of the molecule is Cc1cc(C)[n+](C)c(=O)n1CCCO.Cc1cc(C)[n+](C)c(=O)n1Cc1ccccc1.Cc1cc(C)[n+](C)c(=O)n1Cc1ccccc1.Cc1cc(C)[n+](C)c(=O)n1Cc1ccccc1.O=S([O-])O[O-].O=S([O-])O[O-].[Br-].[Cl-]. The summed E-state index contributed by atoms with van der Waals surface area (Å²) in [5, 5.41) is 25.7. The average molecular weight is 1190 g/mol. The van der Waals surface area contributed by atoms with E-state index in [9.17, 15) is 19.2 Å². The molecule has 0 aliphatic rings. The number of halogens is 2. The highest BCUT2D eigenvalue weighted by atomic mass is 79.9. The lowest BCUT2D eigenvalue weighted by molar-refractivity contribution is -0.697. The van der Waals surface area contributed by atoms with E-state index in [1.54, 1.807) is 64.7 Å². The summed E-state index contributed by atoms with van der Waals surface area (Å²) >= 11 is -5.76. The van der Waals surface area contributed by atoms with Crippen LogP contribution in [0, 0.1) is 55.4 Å². The quantitative estimate of drug-likeness (QED) is 0.0548. The summed E-state index contributed by atoms with van der Waals surface area (Å²) in [6.45, 7) is 18.1. The van der Waals surface area contributed by atoms with Gasteiger partial charge in [0.2, 0.25) is 0 Å². The minimum Gasteiger partial charge on any atom is -1.00 e. The fourth-order valence-corrected chi connectivity index (χ4v) is 7.22. The molecule has 2 unspecified atom stereocenters. The molecule has 0 saturated carbocycles. The van der Waals surface area contributed by atoms with Crippen molar-refractivity contribution in [2.75, 3.05) is 6.61 Å². The Balaban J connectivity index is 0.000000937. The van der Waals surface area contributed by atoms with Crippen LogP contribution in [0.5, 0.6) is 0 Å². The Bertz CT molecular complexity index is 2960. The first kappa shape index (κ1) is 71.0. The standard InChI is InChI=1S/3C14H17N2O.C10H17N2O2.BrH.ClH.2H2O4S/c3*1-11-9-12(2)16(14(17)15(11)3)10-13-7-5-4-6-8-13;1-8-7-9(2)12(5-4-6-13)10(14)11(8)3;;;2*1-4-5(2)3/h3*4-9H,10H2,1-3H3;7,13H,4-6H2,1-3H3;2*1H;2*1H,(H,2,3)/q4*+1;;;;/p-6. The van der Waals surface area contributed by atoms with E-state index < -0.39 is 22.7 Å². The van der Waals surface area contributed by atoms with Gasteiger partial charge in [-0.1, -0.05) is 91.0 Å². The van der Waals surface area contributed by atoms with Crippen LogP contribution in [0.15, 0.2) is 134 Å². The van der Waals surface area contributed by atoms with Crippen LogP contribution < -0.4 is 80.9 Å².